The lowest BCUT2D eigenvalue weighted by atomic mass is 10.00. The number of nitrogens with zero attached hydrogens (tertiary/aromatic N) is 5. The second kappa shape index (κ2) is 12.5. The number of nitrogens with two attached hydrogens (primary N) is 2. The number of thiazole rings is 1. The van der Waals surface area contributed by atoms with Crippen LogP contribution >= 0.6 is 35.3 Å². The number of thiocarbonyl (C=S) groups is 1. The maximum Gasteiger partial charge on any atom is 0.404 e. The average Bonchev–Trinajstić information content (AvgIpc) is 3.37. The third-order valence-electron chi connectivity index (χ3n) is 5.84. The number of carbonyl (C=O) groups excluding carboxylic acids is 3. The van der Waals surface area contributed by atoms with Crippen molar-refractivity contribution in [3.05, 3.63) is 48.9 Å². The summed E-state index contributed by atoms with van der Waals surface area (Å²) in [5, 5.41) is 22.9. The summed E-state index contributed by atoms with van der Waals surface area (Å²) in [4.78, 5) is 83.1. The molecule has 2 aliphatic heterocycles. The van der Waals surface area contributed by atoms with E-state index in [1.54, 1.807) is 0 Å². The summed E-state index contributed by atoms with van der Waals surface area (Å²) in [6.07, 6.45) is -1.32. The van der Waals surface area contributed by atoms with Gasteiger partial charge in [0.15, 0.2) is 16.7 Å². The Morgan fingerprint density at radius 3 is 2.69 bits per heavy atom. The normalized spacial score (nSPS) is 18.2. The van der Waals surface area contributed by atoms with E-state index in [1.165, 1.54) is 24.3 Å². The van der Waals surface area contributed by atoms with Gasteiger partial charge in [-0.3, -0.25) is 28.6 Å². The van der Waals surface area contributed by atoms with Gasteiger partial charge in [0.2, 0.25) is 0 Å². The van der Waals surface area contributed by atoms with Gasteiger partial charge in [-0.05, 0) is 5.57 Å². The summed E-state index contributed by atoms with van der Waals surface area (Å²) < 4.78 is 5.49. The standard InChI is InChI=1S/C21H21N9O9S3/c1-38-28-10(8-6-42-20(22)24-8)14(31)25-11-16(33)30-12(19(35)36)7(5-41-18(11)30)4-9(40)13-26-27-15(32)17(34)29(13)2-3-39-21(23)37/h6,11,18H,2-5H2,1H3,(H2,22,24)(H2,23,37)(H,25,31)(H,27,32)(H,35,36). The fraction of sp³-hybridized carbons (Fsp3) is 0.333. The monoisotopic (exact) mass is 639 g/mol. The maximum atomic E-state index is 13.1. The van der Waals surface area contributed by atoms with Crippen LogP contribution in [0.4, 0.5) is 9.93 Å². The van der Waals surface area contributed by atoms with Crippen molar-refractivity contribution in [2.45, 2.75) is 24.4 Å². The van der Waals surface area contributed by atoms with E-state index in [9.17, 15) is 33.9 Å². The molecule has 4 heterocycles. The minimum absolute atomic E-state index is 0.0315. The summed E-state index contributed by atoms with van der Waals surface area (Å²) in [5.41, 5.74) is 8.26. The smallest absolute Gasteiger partial charge is 0.404 e. The van der Waals surface area contributed by atoms with E-state index in [4.69, 9.17) is 28.5 Å². The summed E-state index contributed by atoms with van der Waals surface area (Å²) in [6.45, 7) is -0.664. The Labute approximate surface area is 247 Å². The number of amides is 3. The van der Waals surface area contributed by atoms with E-state index in [0.717, 1.165) is 20.8 Å². The molecular formula is C21H21N9O9S3. The molecule has 1 fully saturated rings. The summed E-state index contributed by atoms with van der Waals surface area (Å²) in [6, 6.07) is -1.08. The Bertz CT molecular complexity index is 1660. The highest BCUT2D eigenvalue weighted by molar-refractivity contribution is 8.00. The van der Waals surface area contributed by atoms with Crippen LogP contribution in [0.15, 0.2) is 31.4 Å². The molecular weight excluding hydrogens is 618 g/mol. The number of aromatic amines is 1. The van der Waals surface area contributed by atoms with Crippen LogP contribution in [0, 0.1) is 0 Å². The topological polar surface area (TPSA) is 267 Å². The van der Waals surface area contributed by atoms with E-state index in [0.29, 0.717) is 0 Å². The lowest BCUT2D eigenvalue weighted by Gasteiger charge is -2.49. The second-order valence-corrected chi connectivity index (χ2v) is 10.9. The zero-order chi connectivity index (χ0) is 30.7. The maximum absolute atomic E-state index is 13.1. The van der Waals surface area contributed by atoms with Crippen molar-refractivity contribution in [1.29, 1.82) is 0 Å². The van der Waals surface area contributed by atoms with Gasteiger partial charge in [0.25, 0.3) is 11.8 Å². The van der Waals surface area contributed by atoms with Gasteiger partial charge in [-0.25, -0.2) is 19.7 Å². The first-order chi connectivity index (χ1) is 19.9. The first-order valence-corrected chi connectivity index (χ1v) is 14.0. The lowest BCUT2D eigenvalue weighted by molar-refractivity contribution is -0.150. The fourth-order valence-electron chi connectivity index (χ4n) is 4.08. The third-order valence-corrected chi connectivity index (χ3v) is 8.18. The molecule has 3 amide bonds. The van der Waals surface area contributed by atoms with E-state index in [-0.39, 0.29) is 63.8 Å². The van der Waals surface area contributed by atoms with Crippen LogP contribution in [0.5, 0.6) is 0 Å². The molecule has 0 radical (unpaired) electrons. The predicted molar refractivity (Wildman–Crippen MR) is 151 cm³/mol. The Hall–Kier alpha value is -4.63. The number of oxime groups is 1. The zero-order valence-electron chi connectivity index (χ0n) is 21.4. The number of carboxylic acids is 1. The second-order valence-electron chi connectivity index (χ2n) is 8.41. The number of β-lactam (4-membered cyclic amide) rings is 1. The molecule has 2 aromatic heterocycles. The van der Waals surface area contributed by atoms with Crippen molar-refractivity contribution in [3.63, 3.8) is 0 Å². The molecule has 0 saturated carbocycles. The predicted octanol–water partition coefficient (Wildman–Crippen LogP) is -2.04. The Morgan fingerprint density at radius 2 is 2.07 bits per heavy atom. The molecule has 1 saturated heterocycles. The molecule has 0 aliphatic carbocycles. The van der Waals surface area contributed by atoms with Crippen LogP contribution in [0.25, 0.3) is 0 Å². The van der Waals surface area contributed by atoms with Crippen molar-refractivity contribution in [1.82, 2.24) is 30.0 Å². The number of carboxylic acid groups (broad SMARTS) is 1. The van der Waals surface area contributed by atoms with Crippen LogP contribution in [-0.4, -0.2) is 95.1 Å². The van der Waals surface area contributed by atoms with Crippen LogP contribution < -0.4 is 27.9 Å². The number of ether oxygens (including phenoxy) is 1. The molecule has 2 aliphatic rings. The lowest BCUT2D eigenvalue weighted by Crippen LogP contribution is -2.71. The highest BCUT2D eigenvalue weighted by Gasteiger charge is 2.54. The van der Waals surface area contributed by atoms with Crippen molar-refractivity contribution in [3.8, 4) is 0 Å². The van der Waals surface area contributed by atoms with Gasteiger partial charge < -0.3 is 31.5 Å². The van der Waals surface area contributed by atoms with E-state index in [2.05, 4.69) is 25.3 Å². The van der Waals surface area contributed by atoms with E-state index >= 15 is 0 Å². The van der Waals surface area contributed by atoms with Crippen molar-refractivity contribution in [2.75, 3.05) is 25.2 Å². The number of nitrogens with one attached hydrogen (secondary N) is 2. The zero-order valence-corrected chi connectivity index (χ0v) is 23.8. The number of H-pyrrole nitrogens is 1. The summed E-state index contributed by atoms with van der Waals surface area (Å²) in [7, 11) is 1.23. The van der Waals surface area contributed by atoms with Crippen molar-refractivity contribution < 1.29 is 33.9 Å². The average molecular weight is 640 g/mol. The number of carbonyl (C=O) groups is 4. The number of fused-ring (bicyclic) bond motifs is 1. The third kappa shape index (κ3) is 6.01. The van der Waals surface area contributed by atoms with Crippen molar-refractivity contribution >= 4 is 74.9 Å². The molecule has 4 rings (SSSR count). The highest BCUT2D eigenvalue weighted by Crippen LogP contribution is 2.41. The number of aliphatic carboxylic acids is 1. The molecule has 42 heavy (non-hydrogen) atoms. The van der Waals surface area contributed by atoms with E-state index < -0.39 is 46.4 Å². The molecule has 21 heteroatoms. The molecule has 2 aromatic rings. The highest BCUT2D eigenvalue weighted by atomic mass is 32.2. The molecule has 2 unspecified atom stereocenters. The first kappa shape index (κ1) is 30.3. The Morgan fingerprint density at radius 1 is 1.33 bits per heavy atom. The summed E-state index contributed by atoms with van der Waals surface area (Å²) in [5.74, 6) is -2.98. The number of rotatable bonds is 11. The number of nitrogen functional groups attached to an aromatic ring is 1. The molecule has 222 valence electrons. The number of hydrogen-bond acceptors (Lipinski definition) is 15. The Kier molecular flexibility index (Phi) is 9.02. The first-order valence-electron chi connectivity index (χ1n) is 11.6. The minimum Gasteiger partial charge on any atom is -0.477 e. The molecule has 18 nitrogen and oxygen atoms in total. The number of primary amides is 1. The van der Waals surface area contributed by atoms with Crippen LogP contribution in [0.3, 0.4) is 0 Å². The van der Waals surface area contributed by atoms with Crippen LogP contribution in [0.2, 0.25) is 0 Å². The molecule has 0 bridgehead atoms. The van der Waals surface area contributed by atoms with Gasteiger partial charge in [0, 0.05) is 17.6 Å². The largest absolute Gasteiger partial charge is 0.477 e. The molecule has 0 aromatic carbocycles. The van der Waals surface area contributed by atoms with Crippen LogP contribution in [0.1, 0.15) is 17.9 Å². The molecule has 7 N–H and O–H groups in total. The quantitative estimate of drug-likeness (QED) is 0.0443. The van der Waals surface area contributed by atoms with Gasteiger partial charge in [-0.15, -0.1) is 23.1 Å². The minimum atomic E-state index is -1.42. The van der Waals surface area contributed by atoms with E-state index in [1.807, 2.05) is 5.10 Å². The van der Waals surface area contributed by atoms with Crippen molar-refractivity contribution in [2.24, 2.45) is 10.9 Å². The Balaban J connectivity index is 1.55. The van der Waals surface area contributed by atoms with Gasteiger partial charge in [0.05, 0.1) is 11.4 Å². The van der Waals surface area contributed by atoms with Crippen LogP contribution in [-0.2, 0) is 30.5 Å². The number of aromatic nitrogens is 4. The fourth-order valence-corrected chi connectivity index (χ4v) is 6.31. The van der Waals surface area contributed by atoms with Gasteiger partial charge in [-0.2, -0.15) is 5.10 Å². The van der Waals surface area contributed by atoms with Gasteiger partial charge in [-0.1, -0.05) is 17.4 Å². The number of anilines is 1. The van der Waals surface area contributed by atoms with Gasteiger partial charge in [0.1, 0.15) is 36.5 Å². The molecule has 0 spiro atoms. The number of thioether (sulfide) groups is 1. The summed E-state index contributed by atoms with van der Waals surface area (Å²) >= 11 is 7.66. The SMILES string of the molecule is CON=C(C(=O)NC1C(=O)N2C(C(=O)O)=C(CC(=S)c3n[nH]c(=O)c(=O)n3CCOC(N)=O)CSC12)c1csc(N)n1. The van der Waals surface area contributed by atoms with Gasteiger partial charge >= 0.3 is 23.2 Å². The number of hydrogen-bond donors (Lipinski definition) is 5. The molecule has 2 atom stereocenters.